The zero-order valence-corrected chi connectivity index (χ0v) is 21.8. The third-order valence-corrected chi connectivity index (χ3v) is 8.50. The highest BCUT2D eigenvalue weighted by Crippen LogP contribution is 2.30. The molecule has 0 radical (unpaired) electrons. The average Bonchev–Trinajstić information content (AvgIpc) is 3.79. The number of ether oxygens (including phenoxy) is 1. The Hall–Kier alpha value is -1.06. The van der Waals surface area contributed by atoms with Crippen LogP contribution in [-0.2, 0) is 11.3 Å². The van der Waals surface area contributed by atoms with Gasteiger partial charge in [0.05, 0.1) is 13.2 Å². The topological polar surface area (TPSA) is 42.5 Å². The van der Waals surface area contributed by atoms with Gasteiger partial charge in [-0.2, -0.15) is 0 Å². The molecule has 5 aliphatic rings. The smallest absolute Gasteiger partial charge is 0.194 e. The van der Waals surface area contributed by atoms with Gasteiger partial charge in [-0.05, 0) is 31.2 Å². The molecule has 3 saturated heterocycles. The number of halogens is 1. The summed E-state index contributed by atoms with van der Waals surface area (Å²) in [6, 6.07) is 10.1. The Balaban J connectivity index is 0.00000253. The fourth-order valence-corrected chi connectivity index (χ4v) is 6.08. The number of Topliss-reactive ketones (excluding diaryl/α,β-unsaturated/α-hetero) is 1. The highest BCUT2D eigenvalue weighted by Gasteiger charge is 2.40. The van der Waals surface area contributed by atoms with Gasteiger partial charge in [0.2, 0.25) is 0 Å². The molecule has 194 valence electrons. The standard InChI is InChI=1S/C27H41N5O2.ClH/c33-26(23-3-1-22(2-4-23)21-28-17-19-34-20-18-28)27(31-13-9-29(10-14-31)24-5-6-24)32-15-11-30(12-16-32)25-7-8-25;/h1-4,24-25,27H,5-21H2;1H. The molecule has 35 heavy (non-hydrogen) atoms. The Labute approximate surface area is 216 Å². The van der Waals surface area contributed by atoms with E-state index >= 15 is 0 Å². The molecule has 0 aromatic heterocycles. The number of carbonyl (C=O) groups excluding carboxylic acids is 1. The van der Waals surface area contributed by atoms with Crippen molar-refractivity contribution >= 4 is 18.2 Å². The molecular formula is C27H42ClN5O2. The molecule has 6 rings (SSSR count). The van der Waals surface area contributed by atoms with Crippen LogP contribution in [0, 0.1) is 0 Å². The van der Waals surface area contributed by atoms with Gasteiger partial charge in [-0.25, -0.2) is 0 Å². The lowest BCUT2D eigenvalue weighted by atomic mass is 10.0. The molecule has 0 atom stereocenters. The van der Waals surface area contributed by atoms with Gasteiger partial charge in [0.1, 0.15) is 6.17 Å². The summed E-state index contributed by atoms with van der Waals surface area (Å²) in [5.41, 5.74) is 2.15. The van der Waals surface area contributed by atoms with Crippen molar-refractivity contribution in [3.8, 4) is 0 Å². The molecule has 7 nitrogen and oxygen atoms in total. The molecule has 0 bridgehead atoms. The second kappa shape index (κ2) is 11.5. The van der Waals surface area contributed by atoms with Gasteiger partial charge >= 0.3 is 0 Å². The molecule has 5 fully saturated rings. The molecule has 1 aromatic carbocycles. The number of piperazine rings is 2. The molecular weight excluding hydrogens is 462 g/mol. The predicted octanol–water partition coefficient (Wildman–Crippen LogP) is 2.01. The van der Waals surface area contributed by atoms with E-state index in [1.54, 1.807) is 0 Å². The molecule has 8 heteroatoms. The van der Waals surface area contributed by atoms with Gasteiger partial charge < -0.3 is 4.74 Å². The molecule has 2 saturated carbocycles. The van der Waals surface area contributed by atoms with Crippen LogP contribution in [0.25, 0.3) is 0 Å². The molecule has 0 N–H and O–H groups in total. The van der Waals surface area contributed by atoms with Crippen LogP contribution >= 0.6 is 12.4 Å². The molecule has 3 heterocycles. The highest BCUT2D eigenvalue weighted by molar-refractivity contribution is 5.99. The summed E-state index contributed by atoms with van der Waals surface area (Å²) in [5.74, 6) is 0.290. The molecule has 0 amide bonds. The Morgan fingerprint density at radius 2 is 1.23 bits per heavy atom. The van der Waals surface area contributed by atoms with Crippen LogP contribution in [0.4, 0.5) is 0 Å². The quantitative estimate of drug-likeness (QED) is 0.503. The van der Waals surface area contributed by atoms with E-state index < -0.39 is 0 Å². The number of morpholine rings is 1. The average molecular weight is 504 g/mol. The number of hydrogen-bond acceptors (Lipinski definition) is 7. The first-order valence-corrected chi connectivity index (χ1v) is 13.6. The lowest BCUT2D eigenvalue weighted by molar-refractivity contribution is -0.00881. The molecule has 0 spiro atoms. The van der Waals surface area contributed by atoms with Crippen LogP contribution in [0.2, 0.25) is 0 Å². The van der Waals surface area contributed by atoms with Crippen LogP contribution in [0.1, 0.15) is 41.6 Å². The maximum Gasteiger partial charge on any atom is 0.194 e. The zero-order chi connectivity index (χ0) is 22.9. The minimum absolute atomic E-state index is 0. The summed E-state index contributed by atoms with van der Waals surface area (Å²) in [4.78, 5) is 26.6. The zero-order valence-electron chi connectivity index (χ0n) is 21.0. The van der Waals surface area contributed by atoms with Crippen LogP contribution < -0.4 is 0 Å². The van der Waals surface area contributed by atoms with Gasteiger partial charge in [0, 0.05) is 89.6 Å². The maximum absolute atomic E-state index is 14.0. The van der Waals surface area contributed by atoms with E-state index in [0.717, 1.165) is 103 Å². The third-order valence-electron chi connectivity index (χ3n) is 8.50. The number of rotatable bonds is 8. The monoisotopic (exact) mass is 503 g/mol. The van der Waals surface area contributed by atoms with Crippen molar-refractivity contribution in [3.05, 3.63) is 35.4 Å². The first-order chi connectivity index (χ1) is 16.7. The Kier molecular flexibility index (Phi) is 8.44. The van der Waals surface area contributed by atoms with E-state index in [0.29, 0.717) is 0 Å². The minimum Gasteiger partial charge on any atom is -0.379 e. The summed E-state index contributed by atoms with van der Waals surface area (Å²) in [6.45, 7) is 13.0. The SMILES string of the molecule is Cl.O=C(c1ccc(CN2CCOCC2)cc1)C(N1CCN(C2CC2)CC1)N1CCN(C2CC2)CC1. The number of benzene rings is 1. The third kappa shape index (κ3) is 6.27. The second-order valence-corrected chi connectivity index (χ2v) is 10.9. The number of nitrogens with zero attached hydrogens (tertiary/aromatic N) is 5. The van der Waals surface area contributed by atoms with Crippen molar-refractivity contribution in [1.29, 1.82) is 0 Å². The number of carbonyl (C=O) groups is 1. The van der Waals surface area contributed by atoms with Crippen LogP contribution in [0.15, 0.2) is 24.3 Å². The fraction of sp³-hybridized carbons (Fsp3) is 0.741. The van der Waals surface area contributed by atoms with E-state index in [2.05, 4.69) is 48.8 Å². The van der Waals surface area contributed by atoms with Crippen LogP contribution in [0.5, 0.6) is 0 Å². The Morgan fingerprint density at radius 1 is 0.743 bits per heavy atom. The van der Waals surface area contributed by atoms with E-state index in [-0.39, 0.29) is 24.4 Å². The normalized spacial score (nSPS) is 26.1. The van der Waals surface area contributed by atoms with Crippen molar-refractivity contribution in [2.75, 3.05) is 78.7 Å². The van der Waals surface area contributed by atoms with Crippen molar-refractivity contribution in [2.45, 2.75) is 50.5 Å². The number of ketones is 1. The summed E-state index contributed by atoms with van der Waals surface area (Å²) < 4.78 is 5.47. The Bertz CT molecular complexity index is 792. The van der Waals surface area contributed by atoms with Crippen LogP contribution in [-0.4, -0.2) is 127 Å². The van der Waals surface area contributed by atoms with Gasteiger partial charge in [-0.1, -0.05) is 24.3 Å². The minimum atomic E-state index is -0.118. The summed E-state index contributed by atoms with van der Waals surface area (Å²) in [6.07, 6.45) is 5.34. The van der Waals surface area contributed by atoms with Crippen molar-refractivity contribution < 1.29 is 9.53 Å². The maximum atomic E-state index is 14.0. The summed E-state index contributed by atoms with van der Waals surface area (Å²) in [5, 5.41) is 0. The summed E-state index contributed by atoms with van der Waals surface area (Å²) in [7, 11) is 0. The van der Waals surface area contributed by atoms with E-state index in [9.17, 15) is 4.79 Å². The molecule has 3 aliphatic heterocycles. The number of hydrogen-bond donors (Lipinski definition) is 0. The Morgan fingerprint density at radius 3 is 1.69 bits per heavy atom. The largest absolute Gasteiger partial charge is 0.379 e. The van der Waals surface area contributed by atoms with Gasteiger partial charge in [-0.3, -0.25) is 29.3 Å². The lowest BCUT2D eigenvalue weighted by Gasteiger charge is -2.46. The fourth-order valence-electron chi connectivity index (χ4n) is 6.08. The van der Waals surface area contributed by atoms with Crippen molar-refractivity contribution in [3.63, 3.8) is 0 Å². The molecule has 2 aliphatic carbocycles. The van der Waals surface area contributed by atoms with E-state index in [1.807, 2.05) is 0 Å². The summed E-state index contributed by atoms with van der Waals surface area (Å²) >= 11 is 0. The second-order valence-electron chi connectivity index (χ2n) is 10.9. The van der Waals surface area contributed by atoms with Gasteiger partial charge in [-0.15, -0.1) is 12.4 Å². The van der Waals surface area contributed by atoms with E-state index in [1.165, 1.54) is 31.2 Å². The van der Waals surface area contributed by atoms with Gasteiger partial charge in [0.15, 0.2) is 5.78 Å². The highest BCUT2D eigenvalue weighted by atomic mass is 35.5. The van der Waals surface area contributed by atoms with E-state index in [4.69, 9.17) is 4.74 Å². The lowest BCUT2D eigenvalue weighted by Crippen LogP contribution is -2.62. The van der Waals surface area contributed by atoms with Crippen molar-refractivity contribution in [2.24, 2.45) is 0 Å². The predicted molar refractivity (Wildman–Crippen MR) is 140 cm³/mol. The first kappa shape index (κ1) is 25.6. The van der Waals surface area contributed by atoms with Crippen LogP contribution in [0.3, 0.4) is 0 Å². The first-order valence-electron chi connectivity index (χ1n) is 13.6. The van der Waals surface area contributed by atoms with Crippen molar-refractivity contribution in [1.82, 2.24) is 24.5 Å². The molecule has 0 unspecified atom stereocenters. The molecule has 1 aromatic rings. The van der Waals surface area contributed by atoms with Gasteiger partial charge in [0.25, 0.3) is 0 Å².